The number of H-pyrrole nitrogens is 1. The number of aromatic amines is 1. The second-order valence-corrected chi connectivity index (χ2v) is 4.30. The summed E-state index contributed by atoms with van der Waals surface area (Å²) in [4.78, 5) is 18.5. The van der Waals surface area contributed by atoms with Gasteiger partial charge in [0.25, 0.3) is 5.56 Å². The molecule has 0 saturated carbocycles. The van der Waals surface area contributed by atoms with Crippen LogP contribution in [0.15, 0.2) is 10.9 Å². The van der Waals surface area contributed by atoms with Crippen molar-refractivity contribution in [2.75, 3.05) is 25.0 Å². The average molecular weight is 238 g/mol. The van der Waals surface area contributed by atoms with Crippen LogP contribution in [0, 0.1) is 0 Å². The number of rotatable bonds is 7. The van der Waals surface area contributed by atoms with Gasteiger partial charge >= 0.3 is 0 Å². The van der Waals surface area contributed by atoms with Crippen LogP contribution < -0.4 is 16.2 Å². The van der Waals surface area contributed by atoms with Crippen molar-refractivity contribution in [3.05, 3.63) is 22.2 Å². The molecule has 1 aromatic heterocycles. The zero-order valence-electron chi connectivity index (χ0n) is 10.8. The Morgan fingerprint density at radius 2 is 2.18 bits per heavy atom. The van der Waals surface area contributed by atoms with Crippen LogP contribution in [0.4, 0.5) is 5.82 Å². The maximum Gasteiger partial charge on any atom is 0.252 e. The molecule has 1 rings (SSSR count). The molecule has 0 radical (unpaired) electrons. The summed E-state index contributed by atoms with van der Waals surface area (Å²) in [6, 6.07) is 1.50. The van der Waals surface area contributed by atoms with Crippen molar-refractivity contribution in [2.24, 2.45) is 0 Å². The number of hydrogen-bond acceptors (Lipinski definition) is 4. The maximum atomic E-state index is 11.4. The first-order valence-electron chi connectivity index (χ1n) is 6.19. The molecule has 1 aromatic rings. The van der Waals surface area contributed by atoms with E-state index in [0.717, 1.165) is 31.9 Å². The van der Waals surface area contributed by atoms with Crippen LogP contribution in [-0.2, 0) is 0 Å². The molecule has 0 aliphatic rings. The Bertz CT molecular complexity index is 386. The topological polar surface area (TPSA) is 69.8 Å². The van der Waals surface area contributed by atoms with Gasteiger partial charge < -0.3 is 15.6 Å². The molecule has 0 saturated heterocycles. The summed E-state index contributed by atoms with van der Waals surface area (Å²) in [5.41, 5.74) is -0.0992. The highest BCUT2D eigenvalue weighted by Gasteiger charge is 2.04. The molecule has 5 heteroatoms. The summed E-state index contributed by atoms with van der Waals surface area (Å²) in [6.45, 7) is 8.88. The molecular formula is C12H22N4O. The van der Waals surface area contributed by atoms with Crippen LogP contribution in [0.25, 0.3) is 0 Å². The van der Waals surface area contributed by atoms with Gasteiger partial charge in [0, 0.05) is 18.5 Å². The average Bonchev–Trinajstić information content (AvgIpc) is 2.28. The molecule has 5 nitrogen and oxygen atoms in total. The van der Waals surface area contributed by atoms with Gasteiger partial charge in [0.05, 0.1) is 0 Å². The quantitative estimate of drug-likeness (QED) is 0.626. The van der Waals surface area contributed by atoms with E-state index in [1.807, 2.05) is 13.8 Å². The van der Waals surface area contributed by atoms with Crippen LogP contribution in [0.5, 0.6) is 0 Å². The molecule has 0 amide bonds. The van der Waals surface area contributed by atoms with Crippen molar-refractivity contribution in [1.29, 1.82) is 0 Å². The minimum atomic E-state index is -0.0992. The molecule has 0 atom stereocenters. The molecule has 0 aliphatic carbocycles. The minimum absolute atomic E-state index is 0.0992. The molecule has 0 fully saturated rings. The van der Waals surface area contributed by atoms with E-state index in [4.69, 9.17) is 0 Å². The van der Waals surface area contributed by atoms with Gasteiger partial charge in [-0.1, -0.05) is 20.8 Å². The van der Waals surface area contributed by atoms with Crippen LogP contribution in [0.2, 0.25) is 0 Å². The Morgan fingerprint density at radius 1 is 1.41 bits per heavy atom. The summed E-state index contributed by atoms with van der Waals surface area (Å²) >= 11 is 0. The van der Waals surface area contributed by atoms with Crippen molar-refractivity contribution in [1.82, 2.24) is 15.3 Å². The maximum absolute atomic E-state index is 11.4. The minimum Gasteiger partial charge on any atom is -0.370 e. The Labute approximate surface area is 102 Å². The molecule has 0 aromatic carbocycles. The fraction of sp³-hybridized carbons (Fsp3) is 0.667. The number of anilines is 1. The van der Waals surface area contributed by atoms with Crippen molar-refractivity contribution in [3.8, 4) is 0 Å². The zero-order chi connectivity index (χ0) is 12.7. The second kappa shape index (κ2) is 7.06. The molecule has 0 unspecified atom stereocenters. The van der Waals surface area contributed by atoms with Gasteiger partial charge in [-0.25, -0.2) is 4.98 Å². The van der Waals surface area contributed by atoms with Crippen LogP contribution >= 0.6 is 0 Å². The van der Waals surface area contributed by atoms with Crippen LogP contribution in [0.1, 0.15) is 38.9 Å². The molecule has 96 valence electrons. The van der Waals surface area contributed by atoms with Gasteiger partial charge in [-0.2, -0.15) is 0 Å². The Balaban J connectivity index is 2.50. The van der Waals surface area contributed by atoms with Gasteiger partial charge in [-0.05, 0) is 19.5 Å². The SMILES string of the molecule is CCNCCCNc1cc(=O)[nH]c(C(C)C)n1. The first-order valence-corrected chi connectivity index (χ1v) is 6.19. The molecule has 1 heterocycles. The highest BCUT2D eigenvalue weighted by Crippen LogP contribution is 2.08. The number of nitrogens with zero attached hydrogens (tertiary/aromatic N) is 1. The number of nitrogens with one attached hydrogen (secondary N) is 3. The summed E-state index contributed by atoms with van der Waals surface area (Å²) in [5, 5.41) is 6.42. The molecular weight excluding hydrogens is 216 g/mol. The van der Waals surface area contributed by atoms with Crippen molar-refractivity contribution >= 4 is 5.82 Å². The highest BCUT2D eigenvalue weighted by molar-refractivity contribution is 5.33. The van der Waals surface area contributed by atoms with Gasteiger partial charge in [0.15, 0.2) is 0 Å². The summed E-state index contributed by atoms with van der Waals surface area (Å²) in [7, 11) is 0. The van der Waals surface area contributed by atoms with E-state index in [0.29, 0.717) is 5.82 Å². The first kappa shape index (κ1) is 13.7. The van der Waals surface area contributed by atoms with Crippen LogP contribution in [0.3, 0.4) is 0 Å². The third-order valence-corrected chi connectivity index (χ3v) is 2.39. The monoisotopic (exact) mass is 238 g/mol. The lowest BCUT2D eigenvalue weighted by atomic mass is 10.2. The van der Waals surface area contributed by atoms with E-state index >= 15 is 0 Å². The van der Waals surface area contributed by atoms with Gasteiger partial charge in [0.2, 0.25) is 0 Å². The summed E-state index contributed by atoms with van der Waals surface area (Å²) < 4.78 is 0. The van der Waals surface area contributed by atoms with E-state index in [2.05, 4.69) is 27.5 Å². The highest BCUT2D eigenvalue weighted by atomic mass is 16.1. The fourth-order valence-corrected chi connectivity index (χ4v) is 1.45. The van der Waals surface area contributed by atoms with Gasteiger partial charge in [-0.3, -0.25) is 4.79 Å². The Morgan fingerprint density at radius 3 is 2.82 bits per heavy atom. The van der Waals surface area contributed by atoms with E-state index < -0.39 is 0 Å². The zero-order valence-corrected chi connectivity index (χ0v) is 10.8. The largest absolute Gasteiger partial charge is 0.370 e. The second-order valence-electron chi connectivity index (χ2n) is 4.30. The van der Waals surface area contributed by atoms with E-state index in [9.17, 15) is 4.79 Å². The molecule has 17 heavy (non-hydrogen) atoms. The Kier molecular flexibility index (Phi) is 5.69. The van der Waals surface area contributed by atoms with Crippen LogP contribution in [-0.4, -0.2) is 29.6 Å². The number of aromatic nitrogens is 2. The van der Waals surface area contributed by atoms with E-state index in [-0.39, 0.29) is 11.5 Å². The number of hydrogen-bond donors (Lipinski definition) is 3. The molecule has 3 N–H and O–H groups in total. The lowest BCUT2D eigenvalue weighted by Crippen LogP contribution is -2.19. The fourth-order valence-electron chi connectivity index (χ4n) is 1.45. The normalized spacial score (nSPS) is 10.8. The lowest BCUT2D eigenvalue weighted by Gasteiger charge is -2.09. The van der Waals surface area contributed by atoms with Crippen molar-refractivity contribution in [3.63, 3.8) is 0 Å². The van der Waals surface area contributed by atoms with Crippen molar-refractivity contribution < 1.29 is 0 Å². The van der Waals surface area contributed by atoms with E-state index in [1.165, 1.54) is 6.07 Å². The van der Waals surface area contributed by atoms with E-state index in [1.54, 1.807) is 0 Å². The third kappa shape index (κ3) is 4.99. The smallest absolute Gasteiger partial charge is 0.252 e. The molecule has 0 bridgehead atoms. The van der Waals surface area contributed by atoms with Gasteiger partial charge in [0.1, 0.15) is 11.6 Å². The predicted octanol–water partition coefficient (Wildman–Crippen LogP) is 1.30. The summed E-state index contributed by atoms with van der Waals surface area (Å²) in [5.74, 6) is 1.62. The molecule has 0 aliphatic heterocycles. The predicted molar refractivity (Wildman–Crippen MR) is 70.6 cm³/mol. The standard InChI is InChI=1S/C12H22N4O/c1-4-13-6-5-7-14-10-8-11(17)16-12(15-10)9(2)3/h8-9,13H,4-7H2,1-3H3,(H2,14,15,16,17). The Hall–Kier alpha value is -1.36. The van der Waals surface area contributed by atoms with Gasteiger partial charge in [-0.15, -0.1) is 0 Å². The lowest BCUT2D eigenvalue weighted by molar-refractivity contribution is 0.687. The van der Waals surface area contributed by atoms with Crippen molar-refractivity contribution in [2.45, 2.75) is 33.1 Å². The third-order valence-electron chi connectivity index (χ3n) is 2.39. The first-order chi connectivity index (χ1) is 8.13. The molecule has 0 spiro atoms. The summed E-state index contributed by atoms with van der Waals surface area (Å²) in [6.07, 6.45) is 1.01.